The monoisotopic (exact) mass is 485 g/mol. The van der Waals surface area contributed by atoms with E-state index in [9.17, 15) is 14.3 Å². The first-order valence-electron chi connectivity index (χ1n) is 11.9. The Morgan fingerprint density at radius 1 is 0.944 bits per heavy atom. The zero-order valence-corrected chi connectivity index (χ0v) is 20.3. The quantitative estimate of drug-likeness (QED) is 0.243. The van der Waals surface area contributed by atoms with Crippen LogP contribution in [-0.4, -0.2) is 16.1 Å². The highest BCUT2D eigenvalue weighted by atomic mass is 19.1. The van der Waals surface area contributed by atoms with Gasteiger partial charge in [0.25, 0.3) is 0 Å². The van der Waals surface area contributed by atoms with Crippen LogP contribution in [0.1, 0.15) is 42.1 Å². The Hall–Kier alpha value is -4.19. The first-order valence-corrected chi connectivity index (χ1v) is 11.9. The van der Waals surface area contributed by atoms with Gasteiger partial charge in [-0.15, -0.1) is 0 Å². The van der Waals surface area contributed by atoms with E-state index >= 15 is 0 Å². The second-order valence-electron chi connectivity index (χ2n) is 8.61. The van der Waals surface area contributed by atoms with Gasteiger partial charge in [0.05, 0.1) is 5.52 Å². The molecule has 0 aliphatic rings. The molecular weight excluding hydrogens is 457 g/mol. The van der Waals surface area contributed by atoms with Gasteiger partial charge in [-0.2, -0.15) is 0 Å². The van der Waals surface area contributed by atoms with Crippen molar-refractivity contribution >= 4 is 22.9 Å². The standard InChI is InChI=1S/C30H28FNO4/c1-3-4-24(30(33)34)16-25-17-27(12-14-29(25)36-18-21-6-10-26(31)11-7-21)35-19-22-8-13-28-23(15-22)9-5-20(2)32-28/h5-17H,3-4,18-19H2,1-2H3,(H,33,34)/b24-16+. The molecule has 0 spiro atoms. The zero-order valence-electron chi connectivity index (χ0n) is 20.3. The summed E-state index contributed by atoms with van der Waals surface area (Å²) in [5, 5.41) is 10.7. The molecule has 0 bridgehead atoms. The molecule has 0 radical (unpaired) electrons. The Kier molecular flexibility index (Phi) is 7.95. The SMILES string of the molecule is CCC/C(=C\c1cc(OCc2ccc3nc(C)ccc3c2)ccc1OCc1ccc(F)cc1)C(=O)O. The maximum atomic E-state index is 13.2. The summed E-state index contributed by atoms with van der Waals surface area (Å²) in [6, 6.07) is 21.4. The lowest BCUT2D eigenvalue weighted by Crippen LogP contribution is -2.02. The molecule has 1 aromatic heterocycles. The van der Waals surface area contributed by atoms with Crippen molar-refractivity contribution in [3.8, 4) is 11.5 Å². The van der Waals surface area contributed by atoms with Crippen LogP contribution < -0.4 is 9.47 Å². The molecular formula is C30H28FNO4. The molecule has 1 N–H and O–H groups in total. The van der Waals surface area contributed by atoms with Crippen molar-refractivity contribution < 1.29 is 23.8 Å². The van der Waals surface area contributed by atoms with Crippen LogP contribution in [0.5, 0.6) is 11.5 Å². The third-order valence-corrected chi connectivity index (χ3v) is 5.71. The number of hydrogen-bond acceptors (Lipinski definition) is 4. The Labute approximate surface area is 209 Å². The van der Waals surface area contributed by atoms with E-state index in [0.717, 1.165) is 27.7 Å². The van der Waals surface area contributed by atoms with Gasteiger partial charge in [-0.05, 0) is 79.1 Å². The molecule has 0 aliphatic carbocycles. The summed E-state index contributed by atoms with van der Waals surface area (Å²) in [4.78, 5) is 16.3. The number of carbonyl (C=O) groups is 1. The zero-order chi connectivity index (χ0) is 25.5. The van der Waals surface area contributed by atoms with Crippen LogP contribution in [0.15, 0.2) is 78.4 Å². The number of aromatic nitrogens is 1. The molecule has 4 aromatic rings. The molecule has 184 valence electrons. The van der Waals surface area contributed by atoms with Crippen molar-refractivity contribution in [2.45, 2.75) is 39.9 Å². The van der Waals surface area contributed by atoms with Crippen LogP contribution in [0.2, 0.25) is 0 Å². The number of rotatable bonds is 10. The maximum Gasteiger partial charge on any atom is 0.331 e. The fourth-order valence-electron chi connectivity index (χ4n) is 3.83. The first-order chi connectivity index (χ1) is 17.4. The molecule has 6 heteroatoms. The van der Waals surface area contributed by atoms with E-state index in [4.69, 9.17) is 9.47 Å². The summed E-state index contributed by atoms with van der Waals surface area (Å²) in [6.07, 6.45) is 2.77. The molecule has 5 nitrogen and oxygen atoms in total. The van der Waals surface area contributed by atoms with Crippen LogP contribution >= 0.6 is 0 Å². The smallest absolute Gasteiger partial charge is 0.331 e. The van der Waals surface area contributed by atoms with Gasteiger partial charge in [0.15, 0.2) is 0 Å². The molecule has 0 amide bonds. The van der Waals surface area contributed by atoms with Crippen molar-refractivity contribution in [3.63, 3.8) is 0 Å². The van der Waals surface area contributed by atoms with Gasteiger partial charge in [0.2, 0.25) is 0 Å². The van der Waals surface area contributed by atoms with Crippen molar-refractivity contribution in [3.05, 3.63) is 107 Å². The molecule has 0 unspecified atom stereocenters. The van der Waals surface area contributed by atoms with Gasteiger partial charge in [-0.25, -0.2) is 9.18 Å². The number of carboxylic acids is 1. The second kappa shape index (κ2) is 11.5. The van der Waals surface area contributed by atoms with Crippen LogP contribution in [0.25, 0.3) is 17.0 Å². The number of halogens is 1. The first kappa shape index (κ1) is 24.9. The highest BCUT2D eigenvalue weighted by molar-refractivity contribution is 5.92. The lowest BCUT2D eigenvalue weighted by Gasteiger charge is -2.13. The van der Waals surface area contributed by atoms with Gasteiger partial charge >= 0.3 is 5.97 Å². The topological polar surface area (TPSA) is 68.7 Å². The molecule has 0 saturated heterocycles. The van der Waals surface area contributed by atoms with E-state index in [1.54, 1.807) is 36.4 Å². The molecule has 3 aromatic carbocycles. The lowest BCUT2D eigenvalue weighted by atomic mass is 10.1. The number of hydrogen-bond donors (Lipinski definition) is 1. The number of aryl methyl sites for hydroxylation is 1. The number of aliphatic carboxylic acids is 1. The molecule has 0 aliphatic heterocycles. The third-order valence-electron chi connectivity index (χ3n) is 5.71. The molecule has 4 rings (SSSR count). The Bertz CT molecular complexity index is 1400. The van der Waals surface area contributed by atoms with E-state index in [2.05, 4.69) is 4.98 Å². The molecule has 36 heavy (non-hydrogen) atoms. The maximum absolute atomic E-state index is 13.2. The normalized spacial score (nSPS) is 11.5. The Morgan fingerprint density at radius 2 is 1.69 bits per heavy atom. The van der Waals surface area contributed by atoms with E-state index in [-0.39, 0.29) is 12.4 Å². The highest BCUT2D eigenvalue weighted by Crippen LogP contribution is 2.29. The van der Waals surface area contributed by atoms with Gasteiger partial charge in [0, 0.05) is 22.2 Å². The number of ether oxygens (including phenoxy) is 2. The summed E-state index contributed by atoms with van der Waals surface area (Å²) < 4.78 is 25.2. The van der Waals surface area contributed by atoms with Crippen molar-refractivity contribution in [1.29, 1.82) is 0 Å². The average molecular weight is 486 g/mol. The second-order valence-corrected chi connectivity index (χ2v) is 8.61. The van der Waals surface area contributed by atoms with Crippen LogP contribution in [-0.2, 0) is 18.0 Å². The largest absolute Gasteiger partial charge is 0.489 e. The summed E-state index contributed by atoms with van der Waals surface area (Å²) in [5.41, 5.74) is 4.61. The summed E-state index contributed by atoms with van der Waals surface area (Å²) in [5.74, 6) is -0.160. The minimum atomic E-state index is -0.965. The summed E-state index contributed by atoms with van der Waals surface area (Å²) in [7, 11) is 0. The van der Waals surface area contributed by atoms with Crippen LogP contribution in [0, 0.1) is 12.7 Å². The fourth-order valence-corrected chi connectivity index (χ4v) is 3.83. The summed E-state index contributed by atoms with van der Waals surface area (Å²) in [6.45, 7) is 4.47. The predicted molar refractivity (Wildman–Crippen MR) is 139 cm³/mol. The number of fused-ring (bicyclic) bond motifs is 1. The molecule has 0 atom stereocenters. The number of carboxylic acid groups (broad SMARTS) is 1. The minimum absolute atomic E-state index is 0.224. The number of nitrogens with zero attached hydrogens (tertiary/aromatic N) is 1. The number of pyridine rings is 1. The Balaban J connectivity index is 1.56. The van der Waals surface area contributed by atoms with Crippen molar-refractivity contribution in [2.75, 3.05) is 0 Å². The molecule has 0 fully saturated rings. The minimum Gasteiger partial charge on any atom is -0.489 e. The molecule has 1 heterocycles. The van der Waals surface area contributed by atoms with Gasteiger partial charge < -0.3 is 14.6 Å². The third kappa shape index (κ3) is 6.48. The van der Waals surface area contributed by atoms with Gasteiger partial charge in [0.1, 0.15) is 30.5 Å². The Morgan fingerprint density at radius 3 is 2.44 bits per heavy atom. The fraction of sp³-hybridized carbons (Fsp3) is 0.200. The van der Waals surface area contributed by atoms with E-state index in [1.807, 2.05) is 44.2 Å². The predicted octanol–water partition coefficient (Wildman–Crippen LogP) is 7.11. The van der Waals surface area contributed by atoms with Gasteiger partial charge in [-0.1, -0.05) is 37.6 Å². The highest BCUT2D eigenvalue weighted by Gasteiger charge is 2.11. The van der Waals surface area contributed by atoms with E-state index in [1.165, 1.54) is 12.1 Å². The lowest BCUT2D eigenvalue weighted by molar-refractivity contribution is -0.132. The summed E-state index contributed by atoms with van der Waals surface area (Å²) >= 11 is 0. The molecule has 0 saturated carbocycles. The average Bonchev–Trinajstić information content (AvgIpc) is 2.87. The van der Waals surface area contributed by atoms with Crippen molar-refractivity contribution in [1.82, 2.24) is 4.98 Å². The van der Waals surface area contributed by atoms with Crippen molar-refractivity contribution in [2.24, 2.45) is 0 Å². The van der Waals surface area contributed by atoms with E-state index < -0.39 is 5.97 Å². The number of benzene rings is 3. The van der Waals surface area contributed by atoms with Crippen LogP contribution in [0.3, 0.4) is 0 Å². The van der Waals surface area contributed by atoms with Gasteiger partial charge in [-0.3, -0.25) is 4.98 Å². The van der Waals surface area contributed by atoms with E-state index in [0.29, 0.717) is 42.1 Å². The van der Waals surface area contributed by atoms with Crippen LogP contribution in [0.4, 0.5) is 4.39 Å².